The molecule has 0 unspecified atom stereocenters. The lowest BCUT2D eigenvalue weighted by Crippen LogP contribution is -2.48. The Bertz CT molecular complexity index is 542. The SMILES string of the molecule is CN(C)C(C)(C)CNC(=O)c1ncccc1C#CCCO. The van der Waals surface area contributed by atoms with Gasteiger partial charge in [-0.3, -0.25) is 4.79 Å². The van der Waals surface area contributed by atoms with Crippen LogP contribution in [0.5, 0.6) is 0 Å². The average Bonchev–Trinajstić information content (AvgIpc) is 2.45. The molecule has 1 rings (SSSR count). The van der Waals surface area contributed by atoms with Crippen LogP contribution in [0.15, 0.2) is 18.3 Å². The summed E-state index contributed by atoms with van der Waals surface area (Å²) in [7, 11) is 3.94. The van der Waals surface area contributed by atoms with Crippen LogP contribution in [-0.2, 0) is 0 Å². The number of aliphatic hydroxyl groups is 1. The van der Waals surface area contributed by atoms with Gasteiger partial charge in [-0.15, -0.1) is 0 Å². The van der Waals surface area contributed by atoms with E-state index in [2.05, 4.69) is 22.1 Å². The van der Waals surface area contributed by atoms with Crippen LogP contribution in [0, 0.1) is 11.8 Å². The first-order valence-corrected chi connectivity index (χ1v) is 6.89. The second-order valence-electron chi connectivity index (χ2n) is 5.56. The molecule has 1 heterocycles. The molecule has 0 fully saturated rings. The van der Waals surface area contributed by atoms with Crippen molar-refractivity contribution in [2.75, 3.05) is 27.2 Å². The molecular weight excluding hydrogens is 266 g/mol. The molecule has 0 saturated heterocycles. The molecule has 1 aromatic rings. The van der Waals surface area contributed by atoms with Crippen LogP contribution in [-0.4, -0.2) is 53.7 Å². The summed E-state index contributed by atoms with van der Waals surface area (Å²) in [4.78, 5) is 18.4. The first-order chi connectivity index (χ1) is 9.88. The first kappa shape index (κ1) is 17.2. The Kier molecular flexibility index (Phi) is 6.35. The van der Waals surface area contributed by atoms with Crippen LogP contribution in [0.1, 0.15) is 36.3 Å². The van der Waals surface area contributed by atoms with Gasteiger partial charge in [0.2, 0.25) is 0 Å². The number of hydrogen-bond acceptors (Lipinski definition) is 4. The number of likely N-dealkylation sites (N-methyl/N-ethyl adjacent to an activating group) is 1. The van der Waals surface area contributed by atoms with Gasteiger partial charge < -0.3 is 15.3 Å². The lowest BCUT2D eigenvalue weighted by molar-refractivity contribution is 0.0914. The summed E-state index contributed by atoms with van der Waals surface area (Å²) in [5.74, 6) is 5.44. The van der Waals surface area contributed by atoms with Gasteiger partial charge in [-0.05, 0) is 40.1 Å². The number of hydrogen-bond donors (Lipinski definition) is 2. The standard InChI is InChI=1S/C16H23N3O2/c1-16(2,19(3)4)12-18-15(21)14-13(8-5-6-11-20)9-7-10-17-14/h7,9-10,20H,6,11-12H2,1-4H3,(H,18,21). The Hall–Kier alpha value is -1.90. The molecule has 114 valence electrons. The number of carbonyl (C=O) groups excluding carboxylic acids is 1. The summed E-state index contributed by atoms with van der Waals surface area (Å²) >= 11 is 0. The van der Waals surface area contributed by atoms with E-state index in [4.69, 9.17) is 5.11 Å². The van der Waals surface area contributed by atoms with Gasteiger partial charge in [0.15, 0.2) is 0 Å². The van der Waals surface area contributed by atoms with Crippen molar-refractivity contribution in [3.05, 3.63) is 29.6 Å². The number of aliphatic hydroxyl groups excluding tert-OH is 1. The summed E-state index contributed by atoms with van der Waals surface area (Å²) in [6.07, 6.45) is 1.95. The second-order valence-corrected chi connectivity index (χ2v) is 5.56. The molecule has 2 N–H and O–H groups in total. The lowest BCUT2D eigenvalue weighted by atomic mass is 10.0. The Morgan fingerprint density at radius 3 is 2.81 bits per heavy atom. The van der Waals surface area contributed by atoms with Crippen LogP contribution in [0.4, 0.5) is 0 Å². The molecule has 0 aromatic carbocycles. The molecule has 0 aliphatic heterocycles. The van der Waals surface area contributed by atoms with Gasteiger partial charge in [0.05, 0.1) is 12.2 Å². The minimum atomic E-state index is -0.237. The minimum Gasteiger partial charge on any atom is -0.395 e. The Labute approximate surface area is 126 Å². The predicted octanol–water partition coefficient (Wildman–Crippen LogP) is 0.885. The topological polar surface area (TPSA) is 65.5 Å². The van der Waals surface area contributed by atoms with E-state index < -0.39 is 0 Å². The normalized spacial score (nSPS) is 11.0. The van der Waals surface area contributed by atoms with Crippen molar-refractivity contribution in [3.8, 4) is 11.8 Å². The van der Waals surface area contributed by atoms with Crippen molar-refractivity contribution in [1.82, 2.24) is 15.2 Å². The van der Waals surface area contributed by atoms with Gasteiger partial charge in [0.1, 0.15) is 5.69 Å². The molecular formula is C16H23N3O2. The maximum absolute atomic E-state index is 12.3. The number of nitrogens with one attached hydrogen (secondary N) is 1. The molecule has 1 aromatic heterocycles. The van der Waals surface area contributed by atoms with Crippen LogP contribution in [0.2, 0.25) is 0 Å². The van der Waals surface area contributed by atoms with E-state index in [0.29, 0.717) is 24.2 Å². The maximum atomic E-state index is 12.3. The highest BCUT2D eigenvalue weighted by molar-refractivity contribution is 5.94. The van der Waals surface area contributed by atoms with Crippen molar-refractivity contribution < 1.29 is 9.90 Å². The molecule has 0 radical (unpaired) electrons. The third-order valence-electron chi connectivity index (χ3n) is 3.37. The van der Waals surface area contributed by atoms with E-state index >= 15 is 0 Å². The number of carbonyl (C=O) groups is 1. The maximum Gasteiger partial charge on any atom is 0.271 e. The Balaban J connectivity index is 2.82. The van der Waals surface area contributed by atoms with Crippen LogP contribution in [0.25, 0.3) is 0 Å². The van der Waals surface area contributed by atoms with Crippen molar-refractivity contribution in [3.63, 3.8) is 0 Å². The van der Waals surface area contributed by atoms with Gasteiger partial charge in [-0.1, -0.05) is 11.8 Å². The highest BCUT2D eigenvalue weighted by Crippen LogP contribution is 2.09. The Morgan fingerprint density at radius 1 is 1.48 bits per heavy atom. The fourth-order valence-corrected chi connectivity index (χ4v) is 1.44. The number of nitrogens with zero attached hydrogens (tertiary/aromatic N) is 2. The smallest absolute Gasteiger partial charge is 0.271 e. The fourth-order valence-electron chi connectivity index (χ4n) is 1.44. The highest BCUT2D eigenvalue weighted by atomic mass is 16.2. The number of pyridine rings is 1. The minimum absolute atomic E-state index is 0.00577. The molecule has 5 heteroatoms. The van der Waals surface area contributed by atoms with Crippen molar-refractivity contribution in [2.24, 2.45) is 0 Å². The van der Waals surface area contributed by atoms with Crippen molar-refractivity contribution in [2.45, 2.75) is 25.8 Å². The predicted molar refractivity (Wildman–Crippen MR) is 82.9 cm³/mol. The molecule has 0 spiro atoms. The molecule has 0 saturated carbocycles. The van der Waals surface area contributed by atoms with Gasteiger partial charge in [-0.25, -0.2) is 4.98 Å². The third-order valence-corrected chi connectivity index (χ3v) is 3.37. The summed E-state index contributed by atoms with van der Waals surface area (Å²) in [6.45, 7) is 4.62. The zero-order valence-electron chi connectivity index (χ0n) is 13.1. The van der Waals surface area contributed by atoms with Gasteiger partial charge >= 0.3 is 0 Å². The van der Waals surface area contributed by atoms with Gasteiger partial charge in [-0.2, -0.15) is 0 Å². The van der Waals surface area contributed by atoms with Crippen molar-refractivity contribution >= 4 is 5.91 Å². The van der Waals surface area contributed by atoms with Crippen LogP contribution < -0.4 is 5.32 Å². The molecule has 0 aliphatic carbocycles. The molecule has 0 aliphatic rings. The van der Waals surface area contributed by atoms with E-state index in [-0.39, 0.29) is 18.1 Å². The lowest BCUT2D eigenvalue weighted by Gasteiger charge is -2.32. The molecule has 1 amide bonds. The van der Waals surface area contributed by atoms with Crippen LogP contribution >= 0.6 is 0 Å². The molecule has 21 heavy (non-hydrogen) atoms. The van der Waals surface area contributed by atoms with Crippen molar-refractivity contribution in [1.29, 1.82) is 0 Å². The highest BCUT2D eigenvalue weighted by Gasteiger charge is 2.22. The zero-order valence-corrected chi connectivity index (χ0v) is 13.1. The van der Waals surface area contributed by atoms with Crippen LogP contribution in [0.3, 0.4) is 0 Å². The average molecular weight is 289 g/mol. The largest absolute Gasteiger partial charge is 0.395 e. The van der Waals surface area contributed by atoms with E-state index in [1.54, 1.807) is 18.3 Å². The monoisotopic (exact) mass is 289 g/mol. The van der Waals surface area contributed by atoms with E-state index in [1.165, 1.54) is 0 Å². The molecule has 0 atom stereocenters. The second kappa shape index (κ2) is 7.77. The summed E-state index contributed by atoms with van der Waals surface area (Å²) in [6, 6.07) is 3.49. The third kappa shape index (κ3) is 5.18. The number of aromatic nitrogens is 1. The fraction of sp³-hybridized carbons (Fsp3) is 0.500. The first-order valence-electron chi connectivity index (χ1n) is 6.89. The van der Waals surface area contributed by atoms with E-state index in [0.717, 1.165) is 0 Å². The zero-order chi connectivity index (χ0) is 15.9. The number of rotatable bonds is 5. The number of amides is 1. The Morgan fingerprint density at radius 2 is 2.19 bits per heavy atom. The van der Waals surface area contributed by atoms with Gasteiger partial charge in [0, 0.05) is 24.7 Å². The molecule has 0 bridgehead atoms. The van der Waals surface area contributed by atoms with E-state index in [9.17, 15) is 4.79 Å². The summed E-state index contributed by atoms with van der Waals surface area (Å²) in [5.41, 5.74) is 0.747. The van der Waals surface area contributed by atoms with Gasteiger partial charge in [0.25, 0.3) is 5.91 Å². The summed E-state index contributed by atoms with van der Waals surface area (Å²) < 4.78 is 0. The molecule has 5 nitrogen and oxygen atoms in total. The summed E-state index contributed by atoms with van der Waals surface area (Å²) in [5, 5.41) is 11.6. The quantitative estimate of drug-likeness (QED) is 0.790. The van der Waals surface area contributed by atoms with E-state index in [1.807, 2.05) is 32.8 Å².